The van der Waals surface area contributed by atoms with Crippen LogP contribution in [-0.2, 0) is 18.6 Å². The zero-order valence-corrected chi connectivity index (χ0v) is 8.73. The van der Waals surface area contributed by atoms with Crippen molar-refractivity contribution in [3.63, 3.8) is 0 Å². The summed E-state index contributed by atoms with van der Waals surface area (Å²) in [4.78, 5) is 28.1. The van der Waals surface area contributed by atoms with E-state index in [9.17, 15) is 19.6 Å². The average Bonchev–Trinajstić information content (AvgIpc) is 2.24. The summed E-state index contributed by atoms with van der Waals surface area (Å²) in [6.45, 7) is -0.599. The lowest BCUT2D eigenvalue weighted by atomic mass is 10.1. The molecule has 0 amide bonds. The fourth-order valence-electron chi connectivity index (χ4n) is 1.15. The number of carbonyl (C=O) groups excluding carboxylic acids is 1. The number of phosphoric ester groups is 1. The summed E-state index contributed by atoms with van der Waals surface area (Å²) in [5.74, 6) is -1.27. The van der Waals surface area contributed by atoms with Gasteiger partial charge in [0.15, 0.2) is 6.10 Å². The lowest BCUT2D eigenvalue weighted by Crippen LogP contribution is -2.45. The second kappa shape index (κ2) is 4.76. The van der Waals surface area contributed by atoms with Gasteiger partial charge in [0, 0.05) is 0 Å². The van der Waals surface area contributed by atoms with E-state index >= 15 is 0 Å². The van der Waals surface area contributed by atoms with Crippen LogP contribution in [-0.4, -0.2) is 62.1 Å². The van der Waals surface area contributed by atoms with Gasteiger partial charge in [-0.15, -0.1) is 0 Å². The molecule has 0 aromatic rings. The van der Waals surface area contributed by atoms with Crippen molar-refractivity contribution < 1.29 is 43.7 Å². The van der Waals surface area contributed by atoms with Gasteiger partial charge in [0.05, 0.1) is 0 Å². The molecule has 0 radical (unpaired) electrons. The van der Waals surface area contributed by atoms with Gasteiger partial charge in [-0.3, -0.25) is 4.52 Å². The van der Waals surface area contributed by atoms with E-state index < -0.39 is 44.8 Å². The van der Waals surface area contributed by atoms with Crippen LogP contribution < -0.4 is 0 Å². The standard InChI is InChI=1S/C6H11O9P/c7-2-1-14-6(10)5(4(9)3(2)8)15-16(11,12)13/h2-5,7-9H,1H2,(H2,11,12,13)/t2-,3-,4+,5-/m1/s1. The summed E-state index contributed by atoms with van der Waals surface area (Å²) in [5.41, 5.74) is 0. The Labute approximate surface area is 89.5 Å². The van der Waals surface area contributed by atoms with Gasteiger partial charge in [-0.1, -0.05) is 0 Å². The lowest BCUT2D eigenvalue weighted by molar-refractivity contribution is -0.157. The van der Waals surface area contributed by atoms with E-state index in [-0.39, 0.29) is 0 Å². The van der Waals surface area contributed by atoms with Crippen LogP contribution in [0.1, 0.15) is 0 Å². The minimum absolute atomic E-state index is 0.599. The number of carbonyl (C=O) groups is 1. The quantitative estimate of drug-likeness (QED) is 0.259. The molecule has 5 N–H and O–H groups in total. The summed E-state index contributed by atoms with van der Waals surface area (Å²) in [7, 11) is -5.03. The van der Waals surface area contributed by atoms with Crippen LogP contribution in [0.25, 0.3) is 0 Å². The van der Waals surface area contributed by atoms with Gasteiger partial charge in [-0.25, -0.2) is 9.36 Å². The van der Waals surface area contributed by atoms with Gasteiger partial charge in [-0.05, 0) is 0 Å². The molecule has 0 aliphatic carbocycles. The Morgan fingerprint density at radius 3 is 2.31 bits per heavy atom. The molecular weight excluding hydrogens is 247 g/mol. The Kier molecular flexibility index (Phi) is 4.02. The first-order valence-electron chi connectivity index (χ1n) is 4.17. The minimum Gasteiger partial charge on any atom is -0.461 e. The van der Waals surface area contributed by atoms with Crippen molar-refractivity contribution in [1.29, 1.82) is 0 Å². The summed E-state index contributed by atoms with van der Waals surface area (Å²) in [6, 6.07) is 0. The molecule has 0 aromatic heterocycles. The molecule has 9 nitrogen and oxygen atoms in total. The molecule has 94 valence electrons. The summed E-state index contributed by atoms with van der Waals surface area (Å²) in [5, 5.41) is 27.7. The van der Waals surface area contributed by atoms with Crippen LogP contribution in [0.15, 0.2) is 0 Å². The van der Waals surface area contributed by atoms with E-state index in [1.54, 1.807) is 0 Å². The van der Waals surface area contributed by atoms with Crippen molar-refractivity contribution in [2.45, 2.75) is 24.4 Å². The second-order valence-electron chi connectivity index (χ2n) is 3.20. The van der Waals surface area contributed by atoms with Gasteiger partial charge >= 0.3 is 13.8 Å². The first kappa shape index (κ1) is 13.5. The van der Waals surface area contributed by atoms with Crippen LogP contribution in [0.2, 0.25) is 0 Å². The summed E-state index contributed by atoms with van der Waals surface area (Å²) in [6.07, 6.45) is -7.39. The molecule has 0 bridgehead atoms. The molecule has 1 rings (SSSR count). The normalized spacial score (nSPS) is 36.7. The van der Waals surface area contributed by atoms with Gasteiger partial charge < -0.3 is 29.8 Å². The Morgan fingerprint density at radius 2 is 1.81 bits per heavy atom. The molecular formula is C6H11O9P. The lowest BCUT2D eigenvalue weighted by Gasteiger charge is -2.22. The smallest absolute Gasteiger partial charge is 0.461 e. The third-order valence-corrected chi connectivity index (χ3v) is 2.44. The predicted molar refractivity (Wildman–Crippen MR) is 45.9 cm³/mol. The second-order valence-corrected chi connectivity index (χ2v) is 4.39. The molecule has 0 saturated carbocycles. The highest BCUT2D eigenvalue weighted by Crippen LogP contribution is 2.39. The minimum atomic E-state index is -5.03. The van der Waals surface area contributed by atoms with E-state index in [4.69, 9.17) is 14.9 Å². The van der Waals surface area contributed by atoms with E-state index in [2.05, 4.69) is 9.26 Å². The Bertz CT molecular complexity index is 311. The number of hydrogen-bond donors (Lipinski definition) is 5. The highest BCUT2D eigenvalue weighted by Gasteiger charge is 2.44. The molecule has 0 unspecified atom stereocenters. The third kappa shape index (κ3) is 3.22. The van der Waals surface area contributed by atoms with Gasteiger partial charge in [0.25, 0.3) is 0 Å². The zero-order valence-electron chi connectivity index (χ0n) is 7.83. The van der Waals surface area contributed by atoms with Gasteiger partial charge in [-0.2, -0.15) is 0 Å². The molecule has 1 heterocycles. The molecule has 1 aliphatic rings. The number of phosphoric acid groups is 1. The molecule has 0 spiro atoms. The SMILES string of the molecule is O=C1OC[C@@H](O)[C@@H](O)[C@H](O)[C@H]1OP(=O)(O)O. The van der Waals surface area contributed by atoms with E-state index in [1.807, 2.05) is 0 Å². The molecule has 4 atom stereocenters. The number of aliphatic hydroxyl groups is 3. The molecule has 0 aromatic carbocycles. The highest BCUT2D eigenvalue weighted by atomic mass is 31.2. The van der Waals surface area contributed by atoms with Crippen molar-refractivity contribution in [3.8, 4) is 0 Å². The number of esters is 1. The summed E-state index contributed by atoms with van der Waals surface area (Å²) < 4.78 is 18.8. The van der Waals surface area contributed by atoms with Gasteiger partial charge in [0.1, 0.15) is 24.9 Å². The van der Waals surface area contributed by atoms with E-state index in [0.29, 0.717) is 0 Å². The maximum atomic E-state index is 11.1. The fourth-order valence-corrected chi connectivity index (χ4v) is 1.65. The van der Waals surface area contributed by atoms with Crippen molar-refractivity contribution in [2.24, 2.45) is 0 Å². The number of ether oxygens (including phenoxy) is 1. The number of rotatable bonds is 2. The van der Waals surface area contributed by atoms with Crippen molar-refractivity contribution in [2.75, 3.05) is 6.61 Å². The monoisotopic (exact) mass is 258 g/mol. The van der Waals surface area contributed by atoms with Crippen molar-refractivity contribution in [3.05, 3.63) is 0 Å². The molecule has 1 fully saturated rings. The first-order chi connectivity index (χ1) is 7.22. The maximum absolute atomic E-state index is 11.1. The van der Waals surface area contributed by atoms with E-state index in [1.165, 1.54) is 0 Å². The van der Waals surface area contributed by atoms with Crippen LogP contribution in [0.3, 0.4) is 0 Å². The number of cyclic esters (lactones) is 1. The number of aliphatic hydroxyl groups excluding tert-OH is 3. The first-order valence-corrected chi connectivity index (χ1v) is 5.70. The average molecular weight is 258 g/mol. The molecule has 1 saturated heterocycles. The largest absolute Gasteiger partial charge is 0.470 e. The molecule has 1 aliphatic heterocycles. The Balaban J connectivity index is 2.87. The van der Waals surface area contributed by atoms with Crippen LogP contribution >= 0.6 is 7.82 Å². The van der Waals surface area contributed by atoms with Crippen LogP contribution in [0.4, 0.5) is 0 Å². The van der Waals surface area contributed by atoms with E-state index in [0.717, 1.165) is 0 Å². The van der Waals surface area contributed by atoms with Crippen LogP contribution in [0, 0.1) is 0 Å². The van der Waals surface area contributed by atoms with Gasteiger partial charge in [0.2, 0.25) is 0 Å². The van der Waals surface area contributed by atoms with Crippen molar-refractivity contribution >= 4 is 13.8 Å². The summed E-state index contributed by atoms with van der Waals surface area (Å²) >= 11 is 0. The highest BCUT2D eigenvalue weighted by molar-refractivity contribution is 7.46. The molecule has 10 heteroatoms. The predicted octanol–water partition coefficient (Wildman–Crippen LogP) is -2.90. The Hall–Kier alpha value is -0.540. The third-order valence-electron chi connectivity index (χ3n) is 1.93. The topological polar surface area (TPSA) is 154 Å². The number of hydrogen-bond acceptors (Lipinski definition) is 7. The zero-order chi connectivity index (χ0) is 12.5. The Morgan fingerprint density at radius 1 is 1.25 bits per heavy atom. The van der Waals surface area contributed by atoms with Crippen LogP contribution in [0.5, 0.6) is 0 Å². The molecule has 16 heavy (non-hydrogen) atoms. The van der Waals surface area contributed by atoms with Crippen molar-refractivity contribution in [1.82, 2.24) is 0 Å². The fraction of sp³-hybridized carbons (Fsp3) is 0.833. The maximum Gasteiger partial charge on any atom is 0.470 e.